The zero-order valence-corrected chi connectivity index (χ0v) is 11.1. The number of ether oxygens (including phenoxy) is 1. The van der Waals surface area contributed by atoms with Gasteiger partial charge in [0.25, 0.3) is 5.91 Å². The molecule has 3 N–H and O–H groups in total. The smallest absolute Gasteiger partial charge is 0.252 e. The van der Waals surface area contributed by atoms with Crippen LogP contribution in [-0.4, -0.2) is 42.2 Å². The summed E-state index contributed by atoms with van der Waals surface area (Å²) < 4.78 is 5.55. The van der Waals surface area contributed by atoms with Gasteiger partial charge in [-0.15, -0.1) is 0 Å². The molecule has 1 aromatic rings. The van der Waals surface area contributed by atoms with Gasteiger partial charge >= 0.3 is 0 Å². The van der Waals surface area contributed by atoms with Gasteiger partial charge in [0, 0.05) is 20.1 Å². The largest absolute Gasteiger partial charge is 0.493 e. The highest BCUT2D eigenvalue weighted by Crippen LogP contribution is 2.25. The van der Waals surface area contributed by atoms with Crippen LogP contribution < -0.4 is 10.5 Å². The molecule has 0 aromatic heterocycles. The number of amides is 1. The zero-order chi connectivity index (χ0) is 13.8. The molecule has 2 rings (SSSR count). The molecule has 0 spiro atoms. The molecule has 0 aliphatic carbocycles. The van der Waals surface area contributed by atoms with Crippen LogP contribution in [0, 0.1) is 0 Å². The standard InChI is InChI=1S/C14H20N2O3/c1-16(14(18)12(17)8-15)9-10-4-5-13-11(7-10)3-2-6-19-13/h4-5,7,12,17H,2-3,6,8-9,15H2,1H3. The lowest BCUT2D eigenvalue weighted by Crippen LogP contribution is -2.40. The Morgan fingerprint density at radius 2 is 2.37 bits per heavy atom. The SMILES string of the molecule is CN(Cc1ccc2c(c1)CCCO2)C(=O)C(O)CN. The lowest BCUT2D eigenvalue weighted by atomic mass is 10.0. The Hall–Kier alpha value is -1.59. The predicted molar refractivity (Wildman–Crippen MR) is 71.8 cm³/mol. The maximum Gasteiger partial charge on any atom is 0.252 e. The number of likely N-dealkylation sites (N-methyl/N-ethyl adjacent to an activating group) is 1. The molecule has 1 aliphatic rings. The van der Waals surface area contributed by atoms with Crippen LogP contribution in [0.15, 0.2) is 18.2 Å². The number of nitrogens with two attached hydrogens (primary N) is 1. The van der Waals surface area contributed by atoms with Crippen LogP contribution in [0.3, 0.4) is 0 Å². The molecule has 19 heavy (non-hydrogen) atoms. The van der Waals surface area contributed by atoms with Gasteiger partial charge in [-0.3, -0.25) is 4.79 Å². The van der Waals surface area contributed by atoms with Gasteiger partial charge < -0.3 is 20.5 Å². The molecule has 1 heterocycles. The molecule has 1 aliphatic heterocycles. The molecule has 104 valence electrons. The lowest BCUT2D eigenvalue weighted by molar-refractivity contribution is -0.138. The Morgan fingerprint density at radius 1 is 1.58 bits per heavy atom. The topological polar surface area (TPSA) is 75.8 Å². The third-order valence-corrected chi connectivity index (χ3v) is 3.28. The maximum absolute atomic E-state index is 11.7. The van der Waals surface area contributed by atoms with Crippen molar-refractivity contribution in [2.45, 2.75) is 25.5 Å². The van der Waals surface area contributed by atoms with Crippen LogP contribution in [0.1, 0.15) is 17.5 Å². The second kappa shape index (κ2) is 6.04. The van der Waals surface area contributed by atoms with Crippen molar-refractivity contribution in [3.63, 3.8) is 0 Å². The third-order valence-electron chi connectivity index (χ3n) is 3.28. The summed E-state index contributed by atoms with van der Waals surface area (Å²) >= 11 is 0. The number of aliphatic hydroxyl groups is 1. The summed E-state index contributed by atoms with van der Waals surface area (Å²) in [6, 6.07) is 5.96. The summed E-state index contributed by atoms with van der Waals surface area (Å²) in [4.78, 5) is 13.2. The number of aryl methyl sites for hydroxylation is 1. The number of fused-ring (bicyclic) bond motifs is 1. The fourth-order valence-electron chi connectivity index (χ4n) is 2.22. The monoisotopic (exact) mass is 264 g/mol. The Labute approximate surface area is 113 Å². The van der Waals surface area contributed by atoms with E-state index in [1.807, 2.05) is 12.1 Å². The summed E-state index contributed by atoms with van der Waals surface area (Å²) in [5.74, 6) is 0.586. The van der Waals surface area contributed by atoms with Gasteiger partial charge in [0.15, 0.2) is 0 Å². The molecule has 1 unspecified atom stereocenters. The molecule has 5 heteroatoms. The lowest BCUT2D eigenvalue weighted by Gasteiger charge is -2.22. The van der Waals surface area contributed by atoms with Gasteiger partial charge in [0.2, 0.25) is 0 Å². The molecule has 0 saturated heterocycles. The van der Waals surface area contributed by atoms with Crippen molar-refractivity contribution in [2.75, 3.05) is 20.2 Å². The first-order valence-corrected chi connectivity index (χ1v) is 6.49. The summed E-state index contributed by atoms with van der Waals surface area (Å²) in [6.07, 6.45) is 0.912. The minimum atomic E-state index is -1.12. The Bertz CT molecular complexity index is 462. The van der Waals surface area contributed by atoms with Crippen LogP contribution in [0.25, 0.3) is 0 Å². The fourth-order valence-corrected chi connectivity index (χ4v) is 2.22. The minimum absolute atomic E-state index is 0.0544. The molecular weight excluding hydrogens is 244 g/mol. The van der Waals surface area contributed by atoms with Crippen LogP contribution >= 0.6 is 0 Å². The van der Waals surface area contributed by atoms with E-state index in [4.69, 9.17) is 10.5 Å². The number of benzene rings is 1. The van der Waals surface area contributed by atoms with Crippen molar-refractivity contribution in [3.05, 3.63) is 29.3 Å². The molecule has 0 bridgehead atoms. The van der Waals surface area contributed by atoms with Crippen molar-refractivity contribution in [2.24, 2.45) is 5.73 Å². The number of carbonyl (C=O) groups excluding carboxylic acids is 1. The molecule has 0 fully saturated rings. The number of aliphatic hydroxyl groups excluding tert-OH is 1. The number of rotatable bonds is 4. The third kappa shape index (κ3) is 3.24. The number of carbonyl (C=O) groups is 1. The van der Waals surface area contributed by atoms with E-state index >= 15 is 0 Å². The van der Waals surface area contributed by atoms with Crippen LogP contribution in [-0.2, 0) is 17.8 Å². The van der Waals surface area contributed by atoms with E-state index in [2.05, 4.69) is 6.07 Å². The van der Waals surface area contributed by atoms with E-state index in [1.54, 1.807) is 7.05 Å². The number of hydrogen-bond acceptors (Lipinski definition) is 4. The van der Waals surface area contributed by atoms with E-state index in [1.165, 1.54) is 10.5 Å². The van der Waals surface area contributed by atoms with Gasteiger partial charge in [0.05, 0.1) is 6.61 Å². The predicted octanol–water partition coefficient (Wildman–Crippen LogP) is 0.290. The highest BCUT2D eigenvalue weighted by Gasteiger charge is 2.18. The fraction of sp³-hybridized carbons (Fsp3) is 0.500. The van der Waals surface area contributed by atoms with Crippen molar-refractivity contribution < 1.29 is 14.6 Å². The average molecular weight is 264 g/mol. The Balaban J connectivity index is 2.05. The summed E-state index contributed by atoms with van der Waals surface area (Å²) in [7, 11) is 1.66. The molecule has 1 atom stereocenters. The van der Waals surface area contributed by atoms with Crippen molar-refractivity contribution in [1.82, 2.24) is 4.90 Å². The first-order chi connectivity index (χ1) is 9.11. The van der Waals surface area contributed by atoms with Gasteiger partial charge in [-0.05, 0) is 30.0 Å². The average Bonchev–Trinajstić information content (AvgIpc) is 2.45. The second-order valence-corrected chi connectivity index (χ2v) is 4.84. The summed E-state index contributed by atoms with van der Waals surface area (Å²) in [5, 5.41) is 9.43. The first-order valence-electron chi connectivity index (χ1n) is 6.49. The summed E-state index contributed by atoms with van der Waals surface area (Å²) in [5.41, 5.74) is 7.50. The van der Waals surface area contributed by atoms with Gasteiger partial charge in [-0.2, -0.15) is 0 Å². The molecule has 1 amide bonds. The van der Waals surface area contributed by atoms with E-state index in [0.717, 1.165) is 30.8 Å². The van der Waals surface area contributed by atoms with E-state index in [0.29, 0.717) is 6.54 Å². The Kier molecular flexibility index (Phi) is 4.39. The highest BCUT2D eigenvalue weighted by molar-refractivity contribution is 5.80. The Morgan fingerprint density at radius 3 is 3.11 bits per heavy atom. The van der Waals surface area contributed by atoms with Crippen LogP contribution in [0.2, 0.25) is 0 Å². The summed E-state index contributed by atoms with van der Waals surface area (Å²) in [6.45, 7) is 1.18. The van der Waals surface area contributed by atoms with Crippen LogP contribution in [0.4, 0.5) is 0 Å². The number of hydrogen-bond donors (Lipinski definition) is 2. The molecule has 0 saturated carbocycles. The van der Waals surface area contributed by atoms with E-state index in [-0.39, 0.29) is 12.5 Å². The van der Waals surface area contributed by atoms with Gasteiger partial charge in [-0.1, -0.05) is 12.1 Å². The molecule has 5 nitrogen and oxygen atoms in total. The van der Waals surface area contributed by atoms with Gasteiger partial charge in [-0.25, -0.2) is 0 Å². The molecule has 0 radical (unpaired) electrons. The van der Waals surface area contributed by atoms with Crippen LogP contribution in [0.5, 0.6) is 5.75 Å². The first kappa shape index (κ1) is 13.8. The van der Waals surface area contributed by atoms with E-state index in [9.17, 15) is 9.90 Å². The maximum atomic E-state index is 11.7. The number of nitrogens with zero attached hydrogens (tertiary/aromatic N) is 1. The minimum Gasteiger partial charge on any atom is -0.493 e. The highest BCUT2D eigenvalue weighted by atomic mass is 16.5. The molecule has 1 aromatic carbocycles. The van der Waals surface area contributed by atoms with Crippen molar-refractivity contribution in [3.8, 4) is 5.75 Å². The van der Waals surface area contributed by atoms with E-state index < -0.39 is 6.10 Å². The quantitative estimate of drug-likeness (QED) is 0.819. The molecular formula is C14H20N2O3. The van der Waals surface area contributed by atoms with Crippen molar-refractivity contribution >= 4 is 5.91 Å². The zero-order valence-electron chi connectivity index (χ0n) is 11.1. The second-order valence-electron chi connectivity index (χ2n) is 4.84. The van der Waals surface area contributed by atoms with Gasteiger partial charge in [0.1, 0.15) is 11.9 Å². The van der Waals surface area contributed by atoms with Crippen molar-refractivity contribution in [1.29, 1.82) is 0 Å². The normalized spacial score (nSPS) is 15.3.